The summed E-state index contributed by atoms with van der Waals surface area (Å²) in [4.78, 5) is 25.9. The predicted molar refractivity (Wildman–Crippen MR) is 265 cm³/mol. The lowest BCUT2D eigenvalue weighted by Crippen LogP contribution is -2.27. The summed E-state index contributed by atoms with van der Waals surface area (Å²) >= 11 is 1.91. The van der Waals surface area contributed by atoms with Crippen molar-refractivity contribution in [1.82, 2.24) is 14.4 Å². The van der Waals surface area contributed by atoms with E-state index >= 15 is 0 Å². The second-order valence-electron chi connectivity index (χ2n) is 16.4. The van der Waals surface area contributed by atoms with Crippen LogP contribution < -0.4 is 0 Å². The molecule has 4 heterocycles. The smallest absolute Gasteiger partial charge is 0.328 e. The molecule has 7 aromatic rings. The maximum absolute atomic E-state index is 11.2. The maximum Gasteiger partial charge on any atom is 0.328 e. The summed E-state index contributed by atoms with van der Waals surface area (Å²) in [5, 5.41) is 17.1. The van der Waals surface area contributed by atoms with E-state index in [1.165, 1.54) is 104 Å². The SMILES string of the molecule is CN1CCC(=C2c3ccccc3Sc3ccccc32)CC1.CN1CCc2c(c3ccccc3n2Cc2ccccc2)C1.O=C(O)C=CC(=O)O.O=S(=O)(O)c1cccc2c(S(=O)(=O)O)cccc12. The molecule has 13 nitrogen and oxygen atoms in total. The highest BCUT2D eigenvalue weighted by atomic mass is 32.2. The van der Waals surface area contributed by atoms with Crippen LogP contribution in [0.3, 0.4) is 0 Å². The van der Waals surface area contributed by atoms with Crippen molar-refractivity contribution in [3.05, 3.63) is 185 Å². The van der Waals surface area contributed by atoms with E-state index in [2.05, 4.69) is 132 Å². The van der Waals surface area contributed by atoms with Gasteiger partial charge in [0, 0.05) is 88.5 Å². The first-order valence-corrected chi connectivity index (χ1v) is 25.4. The molecule has 0 atom stereocenters. The second kappa shape index (κ2) is 21.7. The normalized spacial score (nSPS) is 14.9. The number of likely N-dealkylation sites (tertiary alicyclic amines) is 1. The van der Waals surface area contributed by atoms with Crippen LogP contribution in [-0.4, -0.2) is 96.2 Å². The summed E-state index contributed by atoms with van der Waals surface area (Å²) in [6, 6.07) is 44.9. The zero-order chi connectivity index (χ0) is 48.6. The molecule has 1 saturated heterocycles. The Morgan fingerprint density at radius 2 is 1.04 bits per heavy atom. The van der Waals surface area contributed by atoms with Gasteiger partial charge in [0.25, 0.3) is 20.2 Å². The Morgan fingerprint density at radius 1 is 0.574 bits per heavy atom. The van der Waals surface area contributed by atoms with Crippen LogP contribution >= 0.6 is 11.8 Å². The molecule has 0 saturated carbocycles. The molecule has 1 aromatic heterocycles. The zero-order valence-corrected chi connectivity index (χ0v) is 39.8. The average Bonchev–Trinajstić information content (AvgIpc) is 3.62. The number of fused-ring (bicyclic) bond motifs is 6. The van der Waals surface area contributed by atoms with Crippen molar-refractivity contribution in [1.29, 1.82) is 0 Å². The summed E-state index contributed by atoms with van der Waals surface area (Å²) in [5.41, 5.74) is 11.8. The van der Waals surface area contributed by atoms with Crippen LogP contribution in [0, 0.1) is 0 Å². The molecule has 10 rings (SSSR count). The Balaban J connectivity index is 0.000000140. The number of rotatable bonds is 6. The van der Waals surface area contributed by atoms with E-state index in [4.69, 9.17) is 19.3 Å². The Bertz CT molecular complexity index is 3130. The van der Waals surface area contributed by atoms with Gasteiger partial charge in [-0.1, -0.05) is 127 Å². The van der Waals surface area contributed by atoms with Crippen molar-refractivity contribution < 1.29 is 45.7 Å². The zero-order valence-electron chi connectivity index (χ0n) is 37.4. The number of aliphatic carboxylic acids is 2. The lowest BCUT2D eigenvalue weighted by atomic mass is 9.88. The number of nitrogens with zero attached hydrogens (tertiary/aromatic N) is 3. The van der Waals surface area contributed by atoms with Crippen LogP contribution in [0.25, 0.3) is 27.2 Å². The minimum absolute atomic E-state index is 0.0233. The number of hydrogen-bond donors (Lipinski definition) is 4. The third-order valence-corrected chi connectivity index (χ3v) is 14.8. The van der Waals surface area contributed by atoms with Gasteiger partial charge in [0.15, 0.2) is 0 Å². The standard InChI is InChI=1S/C19H20N2.C19H19NS.C10H8O6S2.C4H4O4/c1-20-12-11-19-17(14-20)16-9-5-6-10-18(16)21(19)13-15-7-3-2-4-8-15;1-20-12-10-14(11-13-20)19-15-6-2-4-8-17(15)21-18-9-5-3-7-16(18)19;11-17(12,13)9-5-1-3-7-8(9)4-2-6-10(7)18(14,15)16;5-3(6)1-2-4(7)8/h2-10H,11-14H2,1H3;2-9H,10-13H2,1H3;1-6H,(H,11,12,13)(H,14,15,16);1-2H,(H,5,6)(H,7,8). The van der Waals surface area contributed by atoms with Crippen LogP contribution in [0.15, 0.2) is 177 Å². The highest BCUT2D eigenvalue weighted by Crippen LogP contribution is 2.47. The number of aromatic nitrogens is 1. The van der Waals surface area contributed by atoms with Crippen LogP contribution in [0.4, 0.5) is 0 Å². The molecule has 0 bridgehead atoms. The lowest BCUT2D eigenvalue weighted by Gasteiger charge is -2.30. The molecule has 0 spiro atoms. The van der Waals surface area contributed by atoms with Crippen molar-refractivity contribution in [3.8, 4) is 0 Å². The summed E-state index contributed by atoms with van der Waals surface area (Å²) in [6.07, 6.45) is 4.65. The largest absolute Gasteiger partial charge is 0.478 e. The predicted octanol–water partition coefficient (Wildman–Crippen LogP) is 9.40. The molecular weight excluding hydrogens is 923 g/mol. The third-order valence-electron chi connectivity index (χ3n) is 11.8. The van der Waals surface area contributed by atoms with E-state index < -0.39 is 42.0 Å². The molecular formula is C52H51N3O10S3. The second-order valence-corrected chi connectivity index (χ2v) is 20.3. The molecule has 0 aliphatic carbocycles. The molecule has 4 N–H and O–H groups in total. The van der Waals surface area contributed by atoms with Gasteiger partial charge in [-0.05, 0) is 85.1 Å². The fraction of sp³-hybridized carbons (Fsp3) is 0.192. The minimum atomic E-state index is -4.47. The van der Waals surface area contributed by atoms with Crippen molar-refractivity contribution in [2.24, 2.45) is 0 Å². The van der Waals surface area contributed by atoms with Gasteiger partial charge >= 0.3 is 11.9 Å². The van der Waals surface area contributed by atoms with Gasteiger partial charge in [-0.15, -0.1) is 0 Å². The van der Waals surface area contributed by atoms with Crippen LogP contribution in [0.1, 0.15) is 40.8 Å². The van der Waals surface area contributed by atoms with E-state index in [-0.39, 0.29) is 10.8 Å². The maximum atomic E-state index is 11.2. The van der Waals surface area contributed by atoms with E-state index in [1.807, 2.05) is 11.8 Å². The van der Waals surface area contributed by atoms with Crippen LogP contribution in [0.2, 0.25) is 0 Å². The summed E-state index contributed by atoms with van der Waals surface area (Å²) in [6.45, 7) is 5.54. The number of hydrogen-bond acceptors (Lipinski definition) is 9. The Morgan fingerprint density at radius 3 is 1.57 bits per heavy atom. The fourth-order valence-electron chi connectivity index (χ4n) is 8.63. The molecule has 0 unspecified atom stereocenters. The number of likely N-dealkylation sites (N-methyl/N-ethyl adjacent to an activating group) is 1. The first kappa shape index (κ1) is 49.5. The minimum Gasteiger partial charge on any atom is -0.478 e. The molecule has 16 heteroatoms. The van der Waals surface area contributed by atoms with Gasteiger partial charge in [0.05, 0.1) is 0 Å². The van der Waals surface area contributed by atoms with Crippen molar-refractivity contribution in [2.45, 2.75) is 51.9 Å². The van der Waals surface area contributed by atoms with E-state index in [0.29, 0.717) is 12.2 Å². The van der Waals surface area contributed by atoms with Gasteiger partial charge in [-0.3, -0.25) is 9.11 Å². The van der Waals surface area contributed by atoms with Crippen LogP contribution in [-0.2, 0) is 49.3 Å². The summed E-state index contributed by atoms with van der Waals surface area (Å²) in [7, 11) is -4.50. The number of carboxylic acids is 2. The lowest BCUT2D eigenvalue weighted by molar-refractivity contribution is -0.134. The molecule has 1 fully saturated rings. The summed E-state index contributed by atoms with van der Waals surface area (Å²) in [5.74, 6) is -2.51. The number of carboxylic acid groups (broad SMARTS) is 2. The van der Waals surface area contributed by atoms with E-state index in [1.54, 1.807) is 5.57 Å². The highest BCUT2D eigenvalue weighted by molar-refractivity contribution is 7.99. The number of para-hydroxylation sites is 1. The van der Waals surface area contributed by atoms with Gasteiger partial charge < -0.3 is 24.6 Å². The molecule has 3 aliphatic heterocycles. The number of benzene rings is 6. The van der Waals surface area contributed by atoms with Gasteiger partial charge in [-0.25, -0.2) is 9.59 Å². The Labute approximate surface area is 400 Å². The number of carbonyl (C=O) groups is 2. The molecule has 352 valence electrons. The van der Waals surface area contributed by atoms with E-state index in [0.717, 1.165) is 38.2 Å². The average molecular weight is 974 g/mol. The molecule has 0 radical (unpaired) electrons. The quantitative estimate of drug-likeness (QED) is 0.0910. The topological polar surface area (TPSA) is 195 Å². The summed E-state index contributed by atoms with van der Waals surface area (Å²) < 4.78 is 65.2. The Kier molecular flexibility index (Phi) is 15.8. The molecule has 68 heavy (non-hydrogen) atoms. The first-order valence-electron chi connectivity index (χ1n) is 21.7. The molecule has 3 aliphatic rings. The monoisotopic (exact) mass is 973 g/mol. The van der Waals surface area contributed by atoms with Crippen molar-refractivity contribution in [2.75, 3.05) is 33.7 Å². The van der Waals surface area contributed by atoms with Crippen LogP contribution in [0.5, 0.6) is 0 Å². The molecule has 0 amide bonds. The molecule has 6 aromatic carbocycles. The van der Waals surface area contributed by atoms with Crippen molar-refractivity contribution in [3.63, 3.8) is 0 Å². The third kappa shape index (κ3) is 12.0. The van der Waals surface area contributed by atoms with Crippen molar-refractivity contribution >= 4 is 71.2 Å². The first-order chi connectivity index (χ1) is 32.5. The fourth-order valence-corrected chi connectivity index (χ4v) is 11.1. The van der Waals surface area contributed by atoms with Gasteiger partial charge in [-0.2, -0.15) is 16.8 Å². The van der Waals surface area contributed by atoms with Gasteiger partial charge in [0.1, 0.15) is 9.79 Å². The van der Waals surface area contributed by atoms with E-state index in [9.17, 15) is 26.4 Å². The van der Waals surface area contributed by atoms with Gasteiger partial charge in [0.2, 0.25) is 0 Å². The number of piperidine rings is 1. The Hall–Kier alpha value is -6.37. The highest BCUT2D eigenvalue weighted by Gasteiger charge is 2.25.